The van der Waals surface area contributed by atoms with Crippen LogP contribution in [0.3, 0.4) is 0 Å². The first-order chi connectivity index (χ1) is 7.18. The lowest BCUT2D eigenvalue weighted by Gasteiger charge is -2.15. The third-order valence-electron chi connectivity index (χ3n) is 2.60. The Bertz CT molecular complexity index is 388. The van der Waals surface area contributed by atoms with Gasteiger partial charge in [0.1, 0.15) is 0 Å². The number of carbonyl (C=O) groups is 2. The molecule has 0 radical (unpaired) electrons. The van der Waals surface area contributed by atoms with Gasteiger partial charge < -0.3 is 10.4 Å². The summed E-state index contributed by atoms with van der Waals surface area (Å²) in [4.78, 5) is 22.1. The van der Waals surface area contributed by atoms with Gasteiger partial charge in [0.05, 0.1) is 12.0 Å². The van der Waals surface area contributed by atoms with Crippen molar-refractivity contribution < 1.29 is 14.7 Å². The summed E-state index contributed by atoms with van der Waals surface area (Å²) in [5.74, 6) is -1.78. The van der Waals surface area contributed by atoms with E-state index in [1.54, 1.807) is 0 Å². The maximum atomic E-state index is 11.2. The van der Waals surface area contributed by atoms with Crippen LogP contribution in [0.25, 0.3) is 0 Å². The second kappa shape index (κ2) is 3.73. The van der Waals surface area contributed by atoms with E-state index in [0.717, 1.165) is 5.56 Å². The molecule has 0 unspecified atom stereocenters. The number of carbonyl (C=O) groups excluding carboxylic acids is 1. The maximum absolute atomic E-state index is 11.2. The quantitative estimate of drug-likeness (QED) is 0.755. The summed E-state index contributed by atoms with van der Waals surface area (Å²) < 4.78 is 0. The molecule has 2 rings (SSSR count). The zero-order valence-electron chi connectivity index (χ0n) is 8.01. The number of benzene rings is 1. The van der Waals surface area contributed by atoms with Gasteiger partial charge in [-0.3, -0.25) is 9.59 Å². The van der Waals surface area contributed by atoms with Crippen molar-refractivity contribution in [2.45, 2.75) is 12.5 Å². The Labute approximate surface area is 86.9 Å². The first-order valence-corrected chi connectivity index (χ1v) is 4.75. The standard InChI is InChI=1S/C11H11NO3/c13-9-6-8(11(14)15)10(12-9)7-4-2-1-3-5-7/h1-5,8,10H,6H2,(H,12,13)(H,14,15)/t8-,10+/m1/s1. The van der Waals surface area contributed by atoms with Gasteiger partial charge in [0, 0.05) is 6.42 Å². The van der Waals surface area contributed by atoms with Crippen molar-refractivity contribution in [2.24, 2.45) is 5.92 Å². The molecule has 0 aliphatic carbocycles. The highest BCUT2D eigenvalue weighted by Crippen LogP contribution is 2.30. The van der Waals surface area contributed by atoms with Crippen LogP contribution in [-0.4, -0.2) is 17.0 Å². The average molecular weight is 205 g/mol. The Morgan fingerprint density at radius 2 is 2.00 bits per heavy atom. The summed E-state index contributed by atoms with van der Waals surface area (Å²) in [7, 11) is 0. The van der Waals surface area contributed by atoms with Crippen molar-refractivity contribution in [3.05, 3.63) is 35.9 Å². The van der Waals surface area contributed by atoms with Crippen LogP contribution in [-0.2, 0) is 9.59 Å². The highest BCUT2D eigenvalue weighted by atomic mass is 16.4. The molecular formula is C11H11NO3. The maximum Gasteiger partial charge on any atom is 0.309 e. The fourth-order valence-corrected chi connectivity index (χ4v) is 1.86. The van der Waals surface area contributed by atoms with Crippen molar-refractivity contribution in [1.29, 1.82) is 0 Å². The summed E-state index contributed by atoms with van der Waals surface area (Å²) in [6.45, 7) is 0. The zero-order chi connectivity index (χ0) is 10.8. The number of carboxylic acids is 1. The van der Waals surface area contributed by atoms with Crippen LogP contribution in [0.5, 0.6) is 0 Å². The normalized spacial score (nSPS) is 24.9. The number of amides is 1. The number of rotatable bonds is 2. The van der Waals surface area contributed by atoms with Gasteiger partial charge in [0.25, 0.3) is 0 Å². The minimum Gasteiger partial charge on any atom is -0.481 e. The van der Waals surface area contributed by atoms with E-state index < -0.39 is 17.9 Å². The summed E-state index contributed by atoms with van der Waals surface area (Å²) in [6.07, 6.45) is 0.0644. The van der Waals surface area contributed by atoms with Crippen LogP contribution >= 0.6 is 0 Å². The smallest absolute Gasteiger partial charge is 0.309 e. The molecule has 78 valence electrons. The molecule has 2 N–H and O–H groups in total. The van der Waals surface area contributed by atoms with Crippen LogP contribution in [0.4, 0.5) is 0 Å². The van der Waals surface area contributed by atoms with Crippen LogP contribution in [0, 0.1) is 5.92 Å². The minimum absolute atomic E-state index is 0.0644. The molecule has 1 aromatic carbocycles. The van der Waals surface area contributed by atoms with Crippen molar-refractivity contribution in [1.82, 2.24) is 5.32 Å². The van der Waals surface area contributed by atoms with Gasteiger partial charge in [-0.2, -0.15) is 0 Å². The van der Waals surface area contributed by atoms with E-state index in [-0.39, 0.29) is 12.3 Å². The molecule has 1 saturated heterocycles. The molecular weight excluding hydrogens is 194 g/mol. The van der Waals surface area contributed by atoms with Crippen LogP contribution in [0.2, 0.25) is 0 Å². The summed E-state index contributed by atoms with van der Waals surface area (Å²) in [5, 5.41) is 11.7. The molecule has 1 heterocycles. The molecule has 1 aromatic rings. The second-order valence-electron chi connectivity index (χ2n) is 3.60. The largest absolute Gasteiger partial charge is 0.481 e. The first kappa shape index (κ1) is 9.71. The number of aliphatic carboxylic acids is 1. The fraction of sp³-hybridized carbons (Fsp3) is 0.273. The molecule has 15 heavy (non-hydrogen) atoms. The van der Waals surface area contributed by atoms with E-state index in [1.165, 1.54) is 0 Å². The number of hydrogen-bond acceptors (Lipinski definition) is 2. The molecule has 1 aliphatic heterocycles. The van der Waals surface area contributed by atoms with E-state index in [2.05, 4.69) is 5.32 Å². The third-order valence-corrected chi connectivity index (χ3v) is 2.60. The van der Waals surface area contributed by atoms with Gasteiger partial charge in [-0.1, -0.05) is 30.3 Å². The topological polar surface area (TPSA) is 66.4 Å². The van der Waals surface area contributed by atoms with Gasteiger partial charge in [-0.25, -0.2) is 0 Å². The van der Waals surface area contributed by atoms with E-state index in [1.807, 2.05) is 30.3 Å². The number of nitrogens with one attached hydrogen (secondary N) is 1. The Kier molecular flexibility index (Phi) is 2.41. The Hall–Kier alpha value is -1.84. The van der Waals surface area contributed by atoms with Crippen LogP contribution in [0.15, 0.2) is 30.3 Å². The molecule has 0 spiro atoms. The number of hydrogen-bond donors (Lipinski definition) is 2. The van der Waals surface area contributed by atoms with Crippen molar-refractivity contribution in [3.8, 4) is 0 Å². The van der Waals surface area contributed by atoms with Gasteiger partial charge in [0.15, 0.2) is 0 Å². The van der Waals surface area contributed by atoms with Crippen molar-refractivity contribution in [2.75, 3.05) is 0 Å². The highest BCUT2D eigenvalue weighted by molar-refractivity contribution is 5.87. The molecule has 1 fully saturated rings. The average Bonchev–Trinajstić information content (AvgIpc) is 2.62. The molecule has 0 aromatic heterocycles. The molecule has 4 nitrogen and oxygen atoms in total. The molecule has 4 heteroatoms. The summed E-state index contributed by atoms with van der Waals surface area (Å²) in [6, 6.07) is 8.78. The molecule has 0 bridgehead atoms. The third kappa shape index (κ3) is 1.83. The van der Waals surface area contributed by atoms with Crippen LogP contribution < -0.4 is 5.32 Å². The lowest BCUT2D eigenvalue weighted by atomic mass is 9.94. The highest BCUT2D eigenvalue weighted by Gasteiger charge is 2.38. The van der Waals surface area contributed by atoms with Gasteiger partial charge in [-0.05, 0) is 5.56 Å². The van der Waals surface area contributed by atoms with Crippen molar-refractivity contribution in [3.63, 3.8) is 0 Å². The molecule has 1 aliphatic rings. The van der Waals surface area contributed by atoms with Gasteiger partial charge in [-0.15, -0.1) is 0 Å². The summed E-state index contributed by atoms with van der Waals surface area (Å²) in [5.41, 5.74) is 0.843. The Balaban J connectivity index is 2.28. The van der Waals surface area contributed by atoms with Gasteiger partial charge in [0.2, 0.25) is 5.91 Å². The number of carboxylic acid groups (broad SMARTS) is 1. The van der Waals surface area contributed by atoms with Crippen molar-refractivity contribution >= 4 is 11.9 Å². The Morgan fingerprint density at radius 3 is 2.60 bits per heavy atom. The fourth-order valence-electron chi connectivity index (χ4n) is 1.86. The lowest BCUT2D eigenvalue weighted by Crippen LogP contribution is -2.24. The Morgan fingerprint density at radius 1 is 1.33 bits per heavy atom. The second-order valence-corrected chi connectivity index (χ2v) is 3.60. The SMILES string of the molecule is O=C1C[C@@H](C(=O)O)[C@H](c2ccccc2)N1. The van der Waals surface area contributed by atoms with E-state index in [4.69, 9.17) is 5.11 Å². The summed E-state index contributed by atoms with van der Waals surface area (Å²) >= 11 is 0. The van der Waals surface area contributed by atoms with Crippen LogP contribution in [0.1, 0.15) is 18.0 Å². The van der Waals surface area contributed by atoms with E-state index in [9.17, 15) is 9.59 Å². The minimum atomic E-state index is -0.929. The predicted molar refractivity (Wildman–Crippen MR) is 53.1 cm³/mol. The molecule has 1 amide bonds. The lowest BCUT2D eigenvalue weighted by molar-refractivity contribution is -0.142. The van der Waals surface area contributed by atoms with Gasteiger partial charge >= 0.3 is 5.97 Å². The molecule has 2 atom stereocenters. The monoisotopic (exact) mass is 205 g/mol. The predicted octanol–water partition coefficient (Wildman–Crippen LogP) is 0.948. The zero-order valence-corrected chi connectivity index (χ0v) is 8.01. The van der Waals surface area contributed by atoms with E-state index in [0.29, 0.717) is 0 Å². The molecule has 0 saturated carbocycles. The van der Waals surface area contributed by atoms with E-state index >= 15 is 0 Å². The first-order valence-electron chi connectivity index (χ1n) is 4.75.